The highest BCUT2D eigenvalue weighted by molar-refractivity contribution is 9.10. The number of rotatable bonds is 6. The smallest absolute Gasteiger partial charge is 0.276 e. The van der Waals surface area contributed by atoms with Gasteiger partial charge in [0.1, 0.15) is 11.5 Å². The van der Waals surface area contributed by atoms with Crippen molar-refractivity contribution < 1.29 is 19.1 Å². The molecule has 10 heteroatoms. The van der Waals surface area contributed by atoms with Crippen LogP contribution in [0.5, 0.6) is 11.5 Å². The lowest BCUT2D eigenvalue weighted by Gasteiger charge is -2.12. The van der Waals surface area contributed by atoms with Crippen molar-refractivity contribution in [3.63, 3.8) is 0 Å². The summed E-state index contributed by atoms with van der Waals surface area (Å²) in [5, 5.41) is 2.43. The van der Waals surface area contributed by atoms with E-state index in [0.717, 1.165) is 10.0 Å². The van der Waals surface area contributed by atoms with Crippen LogP contribution in [-0.2, 0) is 4.79 Å². The normalized spacial score (nSPS) is 10.1. The number of carbonyl (C=O) groups is 2. The Kier molecular flexibility index (Phi) is 8.87. The van der Waals surface area contributed by atoms with Gasteiger partial charge in [-0.1, -0.05) is 6.07 Å². The van der Waals surface area contributed by atoms with E-state index >= 15 is 0 Å². The summed E-state index contributed by atoms with van der Waals surface area (Å²) in [4.78, 5) is 24.1. The zero-order valence-electron chi connectivity index (χ0n) is 15.7. The van der Waals surface area contributed by atoms with Crippen LogP contribution >= 0.6 is 44.1 Å². The van der Waals surface area contributed by atoms with E-state index in [2.05, 4.69) is 48.0 Å². The first-order chi connectivity index (χ1) is 13.8. The van der Waals surface area contributed by atoms with Gasteiger partial charge in [-0.3, -0.25) is 25.8 Å². The number of aryl methyl sites for hydroxylation is 1. The van der Waals surface area contributed by atoms with Crippen LogP contribution < -0.4 is 25.6 Å². The van der Waals surface area contributed by atoms with Gasteiger partial charge in [0.2, 0.25) is 0 Å². The van der Waals surface area contributed by atoms with Crippen LogP contribution in [0.3, 0.4) is 0 Å². The van der Waals surface area contributed by atoms with Gasteiger partial charge in [0.15, 0.2) is 11.7 Å². The summed E-state index contributed by atoms with van der Waals surface area (Å²) in [7, 11) is 0. The van der Waals surface area contributed by atoms with E-state index in [4.69, 9.17) is 21.7 Å². The van der Waals surface area contributed by atoms with E-state index < -0.39 is 11.8 Å². The van der Waals surface area contributed by atoms with Gasteiger partial charge in [-0.15, -0.1) is 0 Å². The van der Waals surface area contributed by atoms with Crippen LogP contribution in [0.25, 0.3) is 0 Å². The first kappa shape index (κ1) is 23.1. The molecule has 0 aliphatic carbocycles. The van der Waals surface area contributed by atoms with Crippen LogP contribution in [0.4, 0.5) is 0 Å². The van der Waals surface area contributed by atoms with Crippen LogP contribution in [-0.4, -0.2) is 30.1 Å². The van der Waals surface area contributed by atoms with E-state index in [1.165, 1.54) is 0 Å². The average molecular weight is 545 g/mol. The first-order valence-electron chi connectivity index (χ1n) is 8.51. The summed E-state index contributed by atoms with van der Waals surface area (Å²) in [6.45, 7) is 4.11. The monoisotopic (exact) mass is 543 g/mol. The Morgan fingerprint density at radius 1 is 1.00 bits per heavy atom. The number of hydrogen-bond donors (Lipinski definition) is 3. The van der Waals surface area contributed by atoms with Crippen molar-refractivity contribution in [3.8, 4) is 11.5 Å². The highest BCUT2D eigenvalue weighted by Crippen LogP contribution is 2.26. The Balaban J connectivity index is 1.79. The van der Waals surface area contributed by atoms with Crippen molar-refractivity contribution in [1.29, 1.82) is 0 Å². The molecule has 0 fully saturated rings. The third kappa shape index (κ3) is 7.30. The van der Waals surface area contributed by atoms with Gasteiger partial charge < -0.3 is 9.47 Å². The predicted molar refractivity (Wildman–Crippen MR) is 121 cm³/mol. The topological polar surface area (TPSA) is 88.7 Å². The number of thiocarbonyl (C=S) groups is 1. The quantitative estimate of drug-likeness (QED) is 0.380. The van der Waals surface area contributed by atoms with Crippen LogP contribution in [0.1, 0.15) is 22.8 Å². The molecule has 154 valence electrons. The second-order valence-corrected chi connectivity index (χ2v) is 7.87. The van der Waals surface area contributed by atoms with Gasteiger partial charge in [-0.2, -0.15) is 0 Å². The molecule has 0 heterocycles. The molecule has 0 saturated heterocycles. The van der Waals surface area contributed by atoms with Gasteiger partial charge in [-0.25, -0.2) is 0 Å². The molecule has 2 aromatic rings. The maximum absolute atomic E-state index is 12.3. The minimum absolute atomic E-state index is 0.0510. The Bertz CT molecular complexity index is 924. The molecule has 0 bridgehead atoms. The molecule has 0 aromatic heterocycles. The molecule has 3 N–H and O–H groups in total. The number of ether oxygens (including phenoxy) is 2. The van der Waals surface area contributed by atoms with Crippen molar-refractivity contribution in [2.24, 2.45) is 0 Å². The van der Waals surface area contributed by atoms with Crippen LogP contribution in [0, 0.1) is 6.92 Å². The second kappa shape index (κ2) is 11.1. The fourth-order valence-electron chi connectivity index (χ4n) is 2.15. The molecule has 2 amide bonds. The third-order valence-corrected chi connectivity index (χ3v) is 4.93. The SMILES string of the molecule is CCOc1ccc(C(=O)NC(=S)NNC(=O)COc2ccc(C)cc2Br)cc1Br. The van der Waals surface area contributed by atoms with Crippen LogP contribution in [0.15, 0.2) is 45.3 Å². The van der Waals surface area contributed by atoms with E-state index in [-0.39, 0.29) is 11.7 Å². The van der Waals surface area contributed by atoms with E-state index in [1.54, 1.807) is 24.3 Å². The zero-order valence-corrected chi connectivity index (χ0v) is 19.7. The lowest BCUT2D eigenvalue weighted by Crippen LogP contribution is -2.49. The maximum Gasteiger partial charge on any atom is 0.276 e. The number of hydrogen-bond acceptors (Lipinski definition) is 5. The number of amides is 2. The number of hydrazine groups is 1. The molecule has 2 rings (SSSR count). The third-order valence-electron chi connectivity index (χ3n) is 3.48. The number of halogens is 2. The standard InChI is InChI=1S/C19H19Br2N3O4S/c1-3-27-15-7-5-12(9-14(15)21)18(26)22-19(29)24-23-17(25)10-28-16-6-4-11(2)8-13(16)20/h4-9H,3,10H2,1-2H3,(H,23,25)(H2,22,24,26,29). The van der Waals surface area contributed by atoms with Gasteiger partial charge >= 0.3 is 0 Å². The molecule has 0 saturated carbocycles. The Hall–Kier alpha value is -2.17. The minimum atomic E-state index is -0.460. The van der Waals surface area contributed by atoms with Crippen molar-refractivity contribution in [3.05, 3.63) is 56.5 Å². The molecule has 0 radical (unpaired) electrons. The number of benzene rings is 2. The largest absolute Gasteiger partial charge is 0.493 e. The molecule has 0 aliphatic rings. The van der Waals surface area contributed by atoms with E-state index in [9.17, 15) is 9.59 Å². The lowest BCUT2D eigenvalue weighted by atomic mass is 10.2. The molecular weight excluding hydrogens is 526 g/mol. The fraction of sp³-hybridized carbons (Fsp3) is 0.211. The number of carbonyl (C=O) groups excluding carboxylic acids is 2. The summed E-state index contributed by atoms with van der Waals surface area (Å²) >= 11 is 11.7. The van der Waals surface area contributed by atoms with Crippen LogP contribution in [0.2, 0.25) is 0 Å². The Morgan fingerprint density at radius 3 is 2.31 bits per heavy atom. The molecule has 29 heavy (non-hydrogen) atoms. The molecule has 0 atom stereocenters. The minimum Gasteiger partial charge on any atom is -0.493 e. The maximum atomic E-state index is 12.3. The highest BCUT2D eigenvalue weighted by atomic mass is 79.9. The van der Waals surface area contributed by atoms with Crippen molar-refractivity contribution in [1.82, 2.24) is 16.2 Å². The van der Waals surface area contributed by atoms with Gasteiger partial charge in [0.25, 0.3) is 11.8 Å². The Morgan fingerprint density at radius 2 is 1.66 bits per heavy atom. The van der Waals surface area contributed by atoms with Crippen molar-refractivity contribution in [2.45, 2.75) is 13.8 Å². The van der Waals surface area contributed by atoms with Crippen molar-refractivity contribution >= 4 is 61.0 Å². The molecule has 0 unspecified atom stereocenters. The zero-order chi connectivity index (χ0) is 21.4. The van der Waals surface area contributed by atoms with E-state index in [1.807, 2.05) is 26.0 Å². The Labute approximate surface area is 190 Å². The fourth-order valence-corrected chi connectivity index (χ4v) is 3.39. The van der Waals surface area contributed by atoms with E-state index in [0.29, 0.717) is 28.1 Å². The second-order valence-electron chi connectivity index (χ2n) is 5.76. The molecule has 0 aliphatic heterocycles. The average Bonchev–Trinajstić information content (AvgIpc) is 2.67. The molecule has 7 nitrogen and oxygen atoms in total. The summed E-state index contributed by atoms with van der Waals surface area (Å²) in [6.07, 6.45) is 0. The predicted octanol–water partition coefficient (Wildman–Crippen LogP) is 3.63. The highest BCUT2D eigenvalue weighted by Gasteiger charge is 2.12. The summed E-state index contributed by atoms with van der Waals surface area (Å²) < 4.78 is 12.2. The molecule has 0 spiro atoms. The van der Waals surface area contributed by atoms with Gasteiger partial charge in [0, 0.05) is 5.56 Å². The molecule has 2 aromatic carbocycles. The number of nitrogens with one attached hydrogen (secondary N) is 3. The summed E-state index contributed by atoms with van der Waals surface area (Å²) in [5.41, 5.74) is 6.27. The summed E-state index contributed by atoms with van der Waals surface area (Å²) in [6, 6.07) is 10.4. The lowest BCUT2D eigenvalue weighted by molar-refractivity contribution is -0.123. The van der Waals surface area contributed by atoms with Crippen molar-refractivity contribution in [2.75, 3.05) is 13.2 Å². The molecular formula is C19H19Br2N3O4S. The van der Waals surface area contributed by atoms with Gasteiger partial charge in [-0.05, 0) is 93.8 Å². The van der Waals surface area contributed by atoms with Gasteiger partial charge in [0.05, 0.1) is 15.6 Å². The first-order valence-corrected chi connectivity index (χ1v) is 10.5. The summed E-state index contributed by atoms with van der Waals surface area (Å²) in [5.74, 6) is 0.290.